The molecule has 2 aromatic rings. The molecule has 11 heteroatoms. The summed E-state index contributed by atoms with van der Waals surface area (Å²) >= 11 is 3.67. The van der Waals surface area contributed by atoms with E-state index in [0.717, 1.165) is 9.80 Å². The monoisotopic (exact) mass is 622 g/mol. The quantitative estimate of drug-likeness (QED) is 0.262. The lowest BCUT2D eigenvalue weighted by atomic mass is 9.52. The number of para-hydroxylation sites is 4. The average Bonchev–Trinajstić information content (AvgIpc) is 3.40. The molecule has 2 aromatic carbocycles. The minimum atomic E-state index is -1.51. The standard InChI is InChI=1S/C30H27BrN2O8/c1-4-40-18-12-8-6-10-16(18)32-25(34)21-20-15(29(38)39-3)14-30(31,23(21)27(32)36)24-22(20)26(35)33(28(24)37)17-11-7-9-13-19(17)41-5-2/h6-14,20-24H,4-5H2,1-3H3/t20?,21-,22-,23-,24+,30?/m1/s1. The SMILES string of the molecule is CCOc1ccccc1N1C(=O)[C@@H]2C3C(C(=O)OC)=CC(Br)([C@@H]2C1=O)[C@H]1C(=O)N(c2ccccc2OCC)C(=O)[C@H]31. The van der Waals surface area contributed by atoms with Crippen LogP contribution in [0.15, 0.2) is 60.2 Å². The third-order valence-electron chi connectivity index (χ3n) is 8.40. The number of anilines is 2. The maximum absolute atomic E-state index is 14.2. The number of rotatable bonds is 7. The normalized spacial score (nSPS) is 29.9. The minimum Gasteiger partial charge on any atom is -0.492 e. The number of ether oxygens (including phenoxy) is 3. The summed E-state index contributed by atoms with van der Waals surface area (Å²) in [7, 11) is 1.21. The van der Waals surface area contributed by atoms with Gasteiger partial charge in [0.1, 0.15) is 11.5 Å². The summed E-state index contributed by atoms with van der Waals surface area (Å²) in [6, 6.07) is 13.4. The third kappa shape index (κ3) is 3.64. The predicted octanol–water partition coefficient (Wildman–Crippen LogP) is 3.27. The molecule has 0 N–H and O–H groups in total. The summed E-state index contributed by atoms with van der Waals surface area (Å²) in [6.45, 7) is 4.20. The number of carbonyl (C=O) groups is 5. The topological polar surface area (TPSA) is 120 Å². The van der Waals surface area contributed by atoms with E-state index in [-0.39, 0.29) is 16.9 Å². The average molecular weight is 623 g/mol. The number of imide groups is 2. The number of halogens is 1. The Kier molecular flexibility index (Phi) is 6.52. The van der Waals surface area contributed by atoms with Crippen LogP contribution in [0.1, 0.15) is 13.8 Å². The van der Waals surface area contributed by atoms with Gasteiger partial charge in [-0.1, -0.05) is 46.3 Å². The van der Waals surface area contributed by atoms with Crippen LogP contribution in [0.4, 0.5) is 11.4 Å². The van der Waals surface area contributed by atoms with Gasteiger partial charge in [-0.15, -0.1) is 0 Å². The van der Waals surface area contributed by atoms with Crippen LogP contribution >= 0.6 is 15.9 Å². The zero-order valence-electron chi connectivity index (χ0n) is 22.5. The zero-order valence-corrected chi connectivity index (χ0v) is 24.1. The first kappa shape index (κ1) is 27.2. The number of nitrogens with zero attached hydrogens (tertiary/aromatic N) is 2. The first-order valence-electron chi connectivity index (χ1n) is 13.4. The van der Waals surface area contributed by atoms with E-state index in [9.17, 15) is 24.0 Å². The van der Waals surface area contributed by atoms with Gasteiger partial charge in [0, 0.05) is 11.5 Å². The van der Waals surface area contributed by atoms with Gasteiger partial charge in [-0.05, 0) is 38.1 Å². The van der Waals surface area contributed by atoms with Gasteiger partial charge in [0.2, 0.25) is 23.6 Å². The van der Waals surface area contributed by atoms with Crippen LogP contribution in [0.5, 0.6) is 11.5 Å². The molecule has 3 aliphatic carbocycles. The van der Waals surface area contributed by atoms with E-state index in [2.05, 4.69) is 15.9 Å². The third-order valence-corrected chi connectivity index (χ3v) is 9.61. The van der Waals surface area contributed by atoms with Gasteiger partial charge in [-0.25, -0.2) is 14.6 Å². The van der Waals surface area contributed by atoms with Gasteiger partial charge in [0.05, 0.1) is 59.7 Å². The van der Waals surface area contributed by atoms with E-state index in [0.29, 0.717) is 24.7 Å². The molecule has 0 radical (unpaired) electrons. The molecule has 2 saturated heterocycles. The molecule has 2 unspecified atom stereocenters. The van der Waals surface area contributed by atoms with Crippen LogP contribution < -0.4 is 19.3 Å². The fourth-order valence-corrected chi connectivity index (χ4v) is 8.19. The van der Waals surface area contributed by atoms with Gasteiger partial charge in [-0.3, -0.25) is 19.2 Å². The summed E-state index contributed by atoms with van der Waals surface area (Å²) in [5.74, 6) is -7.59. The molecule has 1 saturated carbocycles. The Labute approximate surface area is 244 Å². The molecular weight excluding hydrogens is 596 g/mol. The first-order valence-corrected chi connectivity index (χ1v) is 14.2. The van der Waals surface area contributed by atoms with Crippen LogP contribution in [-0.2, 0) is 28.7 Å². The smallest absolute Gasteiger partial charge is 0.333 e. The molecule has 2 heterocycles. The largest absolute Gasteiger partial charge is 0.492 e. The Balaban J connectivity index is 1.50. The Morgan fingerprint density at radius 3 is 1.61 bits per heavy atom. The number of alkyl halides is 1. The number of amides is 4. The summed E-state index contributed by atoms with van der Waals surface area (Å²) in [5.41, 5.74) is 0.627. The molecule has 0 aromatic heterocycles. The van der Waals surface area contributed by atoms with Crippen molar-refractivity contribution >= 4 is 56.9 Å². The van der Waals surface area contributed by atoms with Crippen LogP contribution in [0.3, 0.4) is 0 Å². The van der Waals surface area contributed by atoms with Crippen molar-refractivity contribution in [3.63, 3.8) is 0 Å². The van der Waals surface area contributed by atoms with Crippen LogP contribution in [0, 0.1) is 29.6 Å². The highest BCUT2D eigenvalue weighted by molar-refractivity contribution is 9.10. The van der Waals surface area contributed by atoms with Crippen molar-refractivity contribution in [2.45, 2.75) is 18.2 Å². The fraction of sp³-hybridized carbons (Fsp3) is 0.367. The van der Waals surface area contributed by atoms with Crippen molar-refractivity contribution in [3.8, 4) is 11.5 Å². The minimum absolute atomic E-state index is 0.0917. The van der Waals surface area contributed by atoms with E-state index in [1.165, 1.54) is 13.2 Å². The second-order valence-electron chi connectivity index (χ2n) is 10.3. The number of esters is 1. The van der Waals surface area contributed by atoms with Crippen molar-refractivity contribution < 1.29 is 38.2 Å². The maximum atomic E-state index is 14.2. The van der Waals surface area contributed by atoms with Crippen molar-refractivity contribution in [1.82, 2.24) is 0 Å². The Hall–Kier alpha value is -3.99. The van der Waals surface area contributed by atoms with Gasteiger partial charge in [-0.2, -0.15) is 0 Å². The molecule has 0 spiro atoms. The molecule has 6 atom stereocenters. The molecule has 212 valence electrons. The fourth-order valence-electron chi connectivity index (χ4n) is 6.98. The number of hydrogen-bond donors (Lipinski definition) is 0. The molecule has 3 fully saturated rings. The summed E-state index contributed by atoms with van der Waals surface area (Å²) in [6.07, 6.45) is 1.51. The molecule has 10 nitrogen and oxygen atoms in total. The predicted molar refractivity (Wildman–Crippen MR) is 149 cm³/mol. The molecule has 2 aliphatic heterocycles. The van der Waals surface area contributed by atoms with E-state index in [1.54, 1.807) is 62.4 Å². The van der Waals surface area contributed by atoms with Gasteiger partial charge in [0.15, 0.2) is 0 Å². The Bertz CT molecular complexity index is 1440. The number of hydrogen-bond acceptors (Lipinski definition) is 8. The first-order chi connectivity index (χ1) is 19.7. The van der Waals surface area contributed by atoms with E-state index in [4.69, 9.17) is 14.2 Å². The maximum Gasteiger partial charge on any atom is 0.333 e. The van der Waals surface area contributed by atoms with Gasteiger partial charge >= 0.3 is 5.97 Å². The lowest BCUT2D eigenvalue weighted by Gasteiger charge is -2.51. The lowest BCUT2D eigenvalue weighted by molar-refractivity contribution is -0.143. The van der Waals surface area contributed by atoms with Crippen molar-refractivity contribution in [2.24, 2.45) is 29.6 Å². The second-order valence-corrected chi connectivity index (χ2v) is 11.7. The van der Waals surface area contributed by atoms with E-state index >= 15 is 0 Å². The number of methoxy groups -OCH3 is 1. The van der Waals surface area contributed by atoms with Crippen molar-refractivity contribution in [3.05, 3.63) is 60.2 Å². The number of carbonyl (C=O) groups excluding carboxylic acids is 5. The molecule has 2 bridgehead atoms. The van der Waals surface area contributed by atoms with E-state index < -0.39 is 63.5 Å². The van der Waals surface area contributed by atoms with E-state index in [1.807, 2.05) is 0 Å². The highest BCUT2D eigenvalue weighted by Crippen LogP contribution is 2.66. The van der Waals surface area contributed by atoms with Crippen LogP contribution in [-0.4, -0.2) is 54.2 Å². The molecular formula is C30H27BrN2O8. The molecule has 7 rings (SSSR count). The summed E-state index contributed by atoms with van der Waals surface area (Å²) in [5, 5.41) is 0. The molecule has 4 amide bonds. The zero-order chi connectivity index (χ0) is 29.2. The van der Waals surface area contributed by atoms with Crippen molar-refractivity contribution in [1.29, 1.82) is 0 Å². The Morgan fingerprint density at radius 2 is 1.20 bits per heavy atom. The molecule has 41 heavy (non-hydrogen) atoms. The summed E-state index contributed by atoms with van der Waals surface area (Å²) in [4.78, 5) is 71.9. The Morgan fingerprint density at radius 1 is 0.756 bits per heavy atom. The number of allylic oxidation sites excluding steroid dienone is 1. The highest BCUT2D eigenvalue weighted by Gasteiger charge is 2.76. The highest BCUT2D eigenvalue weighted by atomic mass is 79.9. The lowest BCUT2D eigenvalue weighted by Crippen LogP contribution is -2.61. The second kappa shape index (κ2) is 9.83. The molecule has 5 aliphatic rings. The van der Waals surface area contributed by atoms with Crippen molar-refractivity contribution in [2.75, 3.05) is 30.1 Å². The number of benzene rings is 2. The summed E-state index contributed by atoms with van der Waals surface area (Å²) < 4.78 is 14.9. The van der Waals surface area contributed by atoms with Gasteiger partial charge < -0.3 is 14.2 Å². The van der Waals surface area contributed by atoms with Crippen LogP contribution in [0.25, 0.3) is 0 Å². The van der Waals surface area contributed by atoms with Gasteiger partial charge in [0.25, 0.3) is 0 Å². The van der Waals surface area contributed by atoms with Crippen LogP contribution in [0.2, 0.25) is 0 Å².